The number of hydrogen-bond acceptors (Lipinski definition) is 5. The highest BCUT2D eigenvalue weighted by Crippen LogP contribution is 2.43. The summed E-state index contributed by atoms with van der Waals surface area (Å²) in [6, 6.07) is -0.897. The Morgan fingerprint density at radius 1 is 1.53 bits per heavy atom. The van der Waals surface area contributed by atoms with E-state index in [1.807, 2.05) is 13.8 Å². The fourth-order valence-electron chi connectivity index (χ4n) is 0.975. The van der Waals surface area contributed by atoms with Gasteiger partial charge in [-0.3, -0.25) is 9.42 Å². The fraction of sp³-hybridized carbons (Fsp3) is 0.875. The summed E-state index contributed by atoms with van der Waals surface area (Å²) in [6.45, 7) is 5.27. The summed E-state index contributed by atoms with van der Waals surface area (Å²) in [7, 11) is -4.28. The minimum absolute atomic E-state index is 0.0134. The van der Waals surface area contributed by atoms with Crippen LogP contribution in [0.1, 0.15) is 27.2 Å². The van der Waals surface area contributed by atoms with E-state index >= 15 is 0 Å². The Morgan fingerprint density at radius 2 is 2.07 bits per heavy atom. The van der Waals surface area contributed by atoms with Crippen molar-refractivity contribution >= 4 is 13.8 Å². The summed E-state index contributed by atoms with van der Waals surface area (Å²) in [5, 5.41) is 0. The van der Waals surface area contributed by atoms with Crippen LogP contribution in [0, 0.1) is 5.92 Å². The molecule has 1 unspecified atom stereocenters. The average molecular weight is 239 g/mol. The molecule has 0 amide bonds. The molecule has 0 spiro atoms. The smallest absolute Gasteiger partial charge is 0.369 e. The Balaban J connectivity index is 4.18. The van der Waals surface area contributed by atoms with E-state index < -0.39 is 19.8 Å². The number of carbonyl (C=O) groups is 1. The Hall–Kier alpha value is -0.420. The van der Waals surface area contributed by atoms with E-state index in [9.17, 15) is 9.36 Å². The third kappa shape index (κ3) is 6.62. The summed E-state index contributed by atoms with van der Waals surface area (Å²) in [6.07, 6.45) is 0.394. The summed E-state index contributed by atoms with van der Waals surface area (Å²) >= 11 is 0. The van der Waals surface area contributed by atoms with Gasteiger partial charge in [-0.2, -0.15) is 0 Å². The van der Waals surface area contributed by atoms with Crippen LogP contribution in [-0.4, -0.2) is 23.5 Å². The van der Waals surface area contributed by atoms with Gasteiger partial charge in [0.05, 0.1) is 6.61 Å². The van der Waals surface area contributed by atoms with E-state index in [0.717, 1.165) is 0 Å². The lowest BCUT2D eigenvalue weighted by Gasteiger charge is -2.15. The summed E-state index contributed by atoms with van der Waals surface area (Å²) < 4.78 is 19.7. The van der Waals surface area contributed by atoms with Crippen LogP contribution in [0.4, 0.5) is 0 Å². The van der Waals surface area contributed by atoms with Crippen molar-refractivity contribution in [3.8, 4) is 0 Å². The second kappa shape index (κ2) is 6.23. The molecule has 0 bridgehead atoms. The van der Waals surface area contributed by atoms with Crippen LogP contribution in [0.25, 0.3) is 0 Å². The zero-order valence-electron chi connectivity index (χ0n) is 9.17. The maximum atomic E-state index is 11.2. The third-order valence-corrected chi connectivity index (χ3v) is 2.52. The maximum Gasteiger partial charge on any atom is 0.529 e. The predicted octanol–water partition coefficient (Wildman–Crippen LogP) is 1.04. The molecule has 2 atom stereocenters. The van der Waals surface area contributed by atoms with E-state index in [1.165, 1.54) is 6.92 Å². The number of rotatable bonds is 6. The van der Waals surface area contributed by atoms with E-state index in [2.05, 4.69) is 9.05 Å². The Labute approximate surface area is 89.4 Å². The normalized spacial score (nSPS) is 17.2. The van der Waals surface area contributed by atoms with Gasteiger partial charge in [0.2, 0.25) is 0 Å². The first-order valence-electron chi connectivity index (χ1n) is 4.74. The van der Waals surface area contributed by atoms with Crippen LogP contribution in [-0.2, 0) is 18.4 Å². The zero-order valence-corrected chi connectivity index (χ0v) is 10.1. The molecule has 0 saturated heterocycles. The largest absolute Gasteiger partial charge is 0.529 e. The van der Waals surface area contributed by atoms with E-state index in [0.29, 0.717) is 6.42 Å². The quantitative estimate of drug-likeness (QED) is 0.672. The molecule has 0 heterocycles. The van der Waals surface area contributed by atoms with Gasteiger partial charge in [-0.15, -0.1) is 0 Å². The number of phosphoric ester groups is 1. The predicted molar refractivity (Wildman–Crippen MR) is 55.0 cm³/mol. The van der Waals surface area contributed by atoms with Gasteiger partial charge >= 0.3 is 13.8 Å². The molecule has 0 aliphatic carbocycles. The number of carbonyl (C=O) groups excluding carboxylic acids is 1. The zero-order chi connectivity index (χ0) is 12.1. The molecule has 7 heteroatoms. The van der Waals surface area contributed by atoms with Crippen molar-refractivity contribution in [1.82, 2.24) is 0 Å². The van der Waals surface area contributed by atoms with Gasteiger partial charge in [-0.05, 0) is 19.3 Å². The Morgan fingerprint density at radius 3 is 2.47 bits per heavy atom. The van der Waals surface area contributed by atoms with Crippen LogP contribution in [0.2, 0.25) is 0 Å². The van der Waals surface area contributed by atoms with Crippen molar-refractivity contribution in [2.24, 2.45) is 11.7 Å². The summed E-state index contributed by atoms with van der Waals surface area (Å²) in [5.41, 5.74) is 5.46. The minimum Gasteiger partial charge on any atom is -0.369 e. The SMILES string of the molecule is CCOP(=O)(O)OC(=O)[C@@H](N)CC(C)C. The molecule has 0 aromatic heterocycles. The van der Waals surface area contributed by atoms with Crippen molar-refractivity contribution in [3.63, 3.8) is 0 Å². The van der Waals surface area contributed by atoms with Gasteiger partial charge in [0, 0.05) is 0 Å². The third-order valence-electron chi connectivity index (χ3n) is 1.53. The van der Waals surface area contributed by atoms with Gasteiger partial charge in [0.1, 0.15) is 6.04 Å². The second-order valence-electron chi connectivity index (χ2n) is 3.53. The lowest BCUT2D eigenvalue weighted by atomic mass is 10.1. The van der Waals surface area contributed by atoms with Crippen molar-refractivity contribution in [2.75, 3.05) is 6.61 Å². The molecular weight excluding hydrogens is 221 g/mol. The molecule has 3 N–H and O–H groups in total. The average Bonchev–Trinajstić information content (AvgIpc) is 2.01. The Kier molecular flexibility index (Phi) is 6.05. The molecule has 0 aliphatic rings. The first-order chi connectivity index (χ1) is 6.78. The second-order valence-corrected chi connectivity index (χ2v) is 4.91. The van der Waals surface area contributed by atoms with Crippen LogP contribution < -0.4 is 5.73 Å². The number of hydrogen-bond donors (Lipinski definition) is 2. The standard InChI is InChI=1S/C8H18NO5P/c1-4-13-15(11,12)14-8(10)7(9)5-6(2)3/h6-7H,4-5,9H2,1-3H3,(H,11,12)/t7-/m0/s1. The lowest BCUT2D eigenvalue weighted by molar-refractivity contribution is -0.137. The molecule has 6 nitrogen and oxygen atoms in total. The summed E-state index contributed by atoms with van der Waals surface area (Å²) in [5.74, 6) is -0.708. The molecule has 0 fully saturated rings. The fourth-order valence-corrected chi connectivity index (χ4v) is 1.72. The summed E-state index contributed by atoms with van der Waals surface area (Å²) in [4.78, 5) is 20.2. The highest BCUT2D eigenvalue weighted by molar-refractivity contribution is 7.48. The number of phosphoric acid groups is 1. The Bertz CT molecular complexity index is 255. The van der Waals surface area contributed by atoms with Crippen molar-refractivity contribution in [1.29, 1.82) is 0 Å². The topological polar surface area (TPSA) is 98.9 Å². The molecule has 0 aromatic rings. The highest BCUT2D eigenvalue weighted by atomic mass is 31.2. The molecule has 0 saturated carbocycles. The van der Waals surface area contributed by atoms with Gasteiger partial charge in [-0.1, -0.05) is 13.8 Å². The lowest BCUT2D eigenvalue weighted by Crippen LogP contribution is -2.33. The van der Waals surface area contributed by atoms with Crippen molar-refractivity contribution in [3.05, 3.63) is 0 Å². The van der Waals surface area contributed by atoms with E-state index in [4.69, 9.17) is 10.6 Å². The van der Waals surface area contributed by atoms with Crippen LogP contribution in [0.3, 0.4) is 0 Å². The highest BCUT2D eigenvalue weighted by Gasteiger charge is 2.28. The molecule has 90 valence electrons. The van der Waals surface area contributed by atoms with E-state index in [1.54, 1.807) is 0 Å². The molecule has 0 aromatic carbocycles. The monoisotopic (exact) mass is 239 g/mol. The van der Waals surface area contributed by atoms with Crippen LogP contribution >= 0.6 is 7.82 Å². The van der Waals surface area contributed by atoms with E-state index in [-0.39, 0.29) is 12.5 Å². The van der Waals surface area contributed by atoms with Gasteiger partial charge in [-0.25, -0.2) is 9.36 Å². The molecule has 0 rings (SSSR count). The molecule has 15 heavy (non-hydrogen) atoms. The molecule has 0 radical (unpaired) electrons. The number of nitrogens with two attached hydrogens (primary N) is 1. The molecule has 0 aliphatic heterocycles. The van der Waals surface area contributed by atoms with Crippen molar-refractivity contribution < 1.29 is 23.3 Å². The molecular formula is C8H18NO5P. The maximum absolute atomic E-state index is 11.2. The van der Waals surface area contributed by atoms with Gasteiger partial charge in [0.25, 0.3) is 0 Å². The van der Waals surface area contributed by atoms with Gasteiger partial charge < -0.3 is 10.3 Å². The first kappa shape index (κ1) is 14.6. The van der Waals surface area contributed by atoms with Crippen LogP contribution in [0.15, 0.2) is 0 Å². The van der Waals surface area contributed by atoms with Gasteiger partial charge in [0.15, 0.2) is 0 Å². The van der Waals surface area contributed by atoms with Crippen molar-refractivity contribution in [2.45, 2.75) is 33.2 Å². The van der Waals surface area contributed by atoms with Crippen LogP contribution in [0.5, 0.6) is 0 Å². The first-order valence-corrected chi connectivity index (χ1v) is 6.24. The minimum atomic E-state index is -4.28.